The minimum atomic E-state index is 0.104. The van der Waals surface area contributed by atoms with Gasteiger partial charge in [-0.2, -0.15) is 0 Å². The van der Waals surface area contributed by atoms with E-state index in [1.165, 1.54) is 24.2 Å². The van der Waals surface area contributed by atoms with Crippen LogP contribution in [0.1, 0.15) is 35.4 Å². The lowest BCUT2D eigenvalue weighted by Crippen LogP contribution is -2.44. The highest BCUT2D eigenvalue weighted by atomic mass is 35.5. The predicted molar refractivity (Wildman–Crippen MR) is 68.3 cm³/mol. The summed E-state index contributed by atoms with van der Waals surface area (Å²) >= 11 is 7.78. The van der Waals surface area contributed by atoms with Crippen molar-refractivity contribution in [3.8, 4) is 0 Å². The van der Waals surface area contributed by atoms with Gasteiger partial charge in [0, 0.05) is 13.1 Å². The number of amides is 1. The summed E-state index contributed by atoms with van der Waals surface area (Å²) < 4.78 is 0. The van der Waals surface area contributed by atoms with Gasteiger partial charge in [0.1, 0.15) is 0 Å². The van der Waals surface area contributed by atoms with Crippen LogP contribution < -0.4 is 0 Å². The third-order valence-electron chi connectivity index (χ3n) is 3.20. The minimum absolute atomic E-state index is 0.104. The Morgan fingerprint density at radius 3 is 2.88 bits per heavy atom. The second kappa shape index (κ2) is 5.19. The van der Waals surface area contributed by atoms with Crippen LogP contribution in [0.25, 0.3) is 0 Å². The Balaban J connectivity index is 2.06. The molecule has 1 saturated carbocycles. The third-order valence-corrected chi connectivity index (χ3v) is 4.56. The Kier molecular flexibility index (Phi) is 3.87. The van der Waals surface area contributed by atoms with Crippen LogP contribution in [-0.2, 0) is 0 Å². The fourth-order valence-electron chi connectivity index (χ4n) is 2.23. The van der Waals surface area contributed by atoms with E-state index in [1.807, 2.05) is 29.5 Å². The zero-order chi connectivity index (χ0) is 11.5. The number of nitrogens with zero attached hydrogens (tertiary/aromatic N) is 1. The van der Waals surface area contributed by atoms with Crippen molar-refractivity contribution in [2.75, 3.05) is 7.05 Å². The van der Waals surface area contributed by atoms with Gasteiger partial charge in [-0.25, -0.2) is 0 Å². The molecule has 0 radical (unpaired) electrons. The molecule has 2 atom stereocenters. The first-order valence-corrected chi connectivity index (χ1v) is 6.96. The van der Waals surface area contributed by atoms with E-state index in [4.69, 9.17) is 11.6 Å². The van der Waals surface area contributed by atoms with Gasteiger partial charge in [-0.15, -0.1) is 22.9 Å². The van der Waals surface area contributed by atoms with Crippen molar-refractivity contribution in [2.45, 2.75) is 37.1 Å². The molecule has 2 nitrogen and oxygen atoms in total. The SMILES string of the molecule is CN(C(=O)c1cccs1)C1CCCCC1Cl. The molecule has 1 amide bonds. The minimum Gasteiger partial charge on any atom is -0.337 e. The van der Waals surface area contributed by atoms with Crippen molar-refractivity contribution in [2.24, 2.45) is 0 Å². The van der Waals surface area contributed by atoms with Crippen LogP contribution in [0, 0.1) is 0 Å². The molecular formula is C12H16ClNOS. The first-order valence-electron chi connectivity index (χ1n) is 5.65. The van der Waals surface area contributed by atoms with Crippen molar-refractivity contribution in [3.05, 3.63) is 22.4 Å². The quantitative estimate of drug-likeness (QED) is 0.744. The van der Waals surface area contributed by atoms with Crippen LogP contribution in [0.5, 0.6) is 0 Å². The van der Waals surface area contributed by atoms with Crippen molar-refractivity contribution in [3.63, 3.8) is 0 Å². The van der Waals surface area contributed by atoms with Gasteiger partial charge in [0.15, 0.2) is 0 Å². The van der Waals surface area contributed by atoms with Crippen molar-refractivity contribution in [1.29, 1.82) is 0 Å². The van der Waals surface area contributed by atoms with Crippen LogP contribution in [0.15, 0.2) is 17.5 Å². The Hall–Kier alpha value is -0.540. The lowest BCUT2D eigenvalue weighted by atomic mass is 9.94. The Bertz CT molecular complexity index is 352. The summed E-state index contributed by atoms with van der Waals surface area (Å²) in [6.07, 6.45) is 4.41. The van der Waals surface area contributed by atoms with Crippen LogP contribution in [0.2, 0.25) is 0 Å². The molecule has 2 rings (SSSR count). The number of halogens is 1. The molecule has 1 heterocycles. The maximum absolute atomic E-state index is 12.1. The largest absolute Gasteiger partial charge is 0.337 e. The Labute approximate surface area is 105 Å². The average Bonchev–Trinajstić information content (AvgIpc) is 2.81. The maximum Gasteiger partial charge on any atom is 0.263 e. The molecule has 0 aromatic carbocycles. The number of alkyl halides is 1. The van der Waals surface area contributed by atoms with E-state index in [1.54, 1.807) is 0 Å². The summed E-state index contributed by atoms with van der Waals surface area (Å²) in [6, 6.07) is 3.98. The molecule has 88 valence electrons. The van der Waals surface area contributed by atoms with Gasteiger partial charge in [-0.05, 0) is 24.3 Å². The summed E-state index contributed by atoms with van der Waals surface area (Å²) in [4.78, 5) is 14.8. The summed E-state index contributed by atoms with van der Waals surface area (Å²) in [7, 11) is 1.87. The molecule has 16 heavy (non-hydrogen) atoms. The smallest absolute Gasteiger partial charge is 0.263 e. The highest BCUT2D eigenvalue weighted by molar-refractivity contribution is 7.12. The van der Waals surface area contributed by atoms with Gasteiger partial charge in [0.25, 0.3) is 5.91 Å². The summed E-state index contributed by atoms with van der Waals surface area (Å²) in [5.41, 5.74) is 0. The lowest BCUT2D eigenvalue weighted by molar-refractivity contribution is 0.0705. The normalized spacial score (nSPS) is 25.4. The van der Waals surface area contributed by atoms with E-state index in [9.17, 15) is 4.79 Å². The molecule has 1 aromatic rings. The van der Waals surface area contributed by atoms with Crippen LogP contribution in [0.4, 0.5) is 0 Å². The summed E-state index contributed by atoms with van der Waals surface area (Å²) in [5.74, 6) is 0.104. The van der Waals surface area contributed by atoms with E-state index in [0.717, 1.165) is 17.7 Å². The van der Waals surface area contributed by atoms with Gasteiger partial charge >= 0.3 is 0 Å². The molecule has 2 unspecified atom stereocenters. The molecule has 0 N–H and O–H groups in total. The number of carbonyl (C=O) groups is 1. The van der Waals surface area contributed by atoms with E-state index in [2.05, 4.69) is 0 Å². The van der Waals surface area contributed by atoms with Crippen molar-refractivity contribution >= 4 is 28.8 Å². The van der Waals surface area contributed by atoms with Crippen molar-refractivity contribution < 1.29 is 4.79 Å². The highest BCUT2D eigenvalue weighted by Crippen LogP contribution is 2.27. The number of hydrogen-bond acceptors (Lipinski definition) is 2. The topological polar surface area (TPSA) is 20.3 Å². The van der Waals surface area contributed by atoms with Gasteiger partial charge in [-0.3, -0.25) is 4.79 Å². The summed E-state index contributed by atoms with van der Waals surface area (Å²) in [5, 5.41) is 2.04. The molecule has 1 fully saturated rings. The number of thiophene rings is 1. The third kappa shape index (κ3) is 2.41. The standard InChI is InChI=1S/C12H16ClNOS/c1-14(10-6-3-2-5-9(10)13)12(15)11-7-4-8-16-11/h4,7-10H,2-3,5-6H2,1H3. The highest BCUT2D eigenvalue weighted by Gasteiger charge is 2.29. The fraction of sp³-hybridized carbons (Fsp3) is 0.583. The van der Waals surface area contributed by atoms with Gasteiger partial charge in [0.05, 0.1) is 10.3 Å². The molecule has 1 aliphatic rings. The van der Waals surface area contributed by atoms with Crippen LogP contribution >= 0.6 is 22.9 Å². The molecule has 4 heteroatoms. The lowest BCUT2D eigenvalue weighted by Gasteiger charge is -2.34. The van der Waals surface area contributed by atoms with Crippen molar-refractivity contribution in [1.82, 2.24) is 4.90 Å². The van der Waals surface area contributed by atoms with Gasteiger partial charge in [0.2, 0.25) is 0 Å². The molecule has 0 aliphatic heterocycles. The van der Waals surface area contributed by atoms with E-state index >= 15 is 0 Å². The first-order chi connectivity index (χ1) is 7.70. The van der Waals surface area contributed by atoms with E-state index in [0.29, 0.717) is 0 Å². The Morgan fingerprint density at radius 1 is 1.50 bits per heavy atom. The molecule has 1 aliphatic carbocycles. The molecule has 0 saturated heterocycles. The zero-order valence-electron chi connectivity index (χ0n) is 9.36. The van der Waals surface area contributed by atoms with E-state index in [-0.39, 0.29) is 17.3 Å². The Morgan fingerprint density at radius 2 is 2.25 bits per heavy atom. The monoisotopic (exact) mass is 257 g/mol. The van der Waals surface area contributed by atoms with Crippen LogP contribution in [0.3, 0.4) is 0 Å². The second-order valence-corrected chi connectivity index (χ2v) is 5.77. The summed E-state index contributed by atoms with van der Waals surface area (Å²) in [6.45, 7) is 0. The molecule has 1 aromatic heterocycles. The molecule has 0 bridgehead atoms. The van der Waals surface area contributed by atoms with Crippen LogP contribution in [-0.4, -0.2) is 29.3 Å². The van der Waals surface area contributed by atoms with E-state index < -0.39 is 0 Å². The zero-order valence-corrected chi connectivity index (χ0v) is 10.9. The number of carbonyl (C=O) groups excluding carboxylic acids is 1. The average molecular weight is 258 g/mol. The molecular weight excluding hydrogens is 242 g/mol. The number of hydrogen-bond donors (Lipinski definition) is 0. The first kappa shape index (κ1) is 11.9. The fourth-order valence-corrected chi connectivity index (χ4v) is 3.38. The second-order valence-electron chi connectivity index (χ2n) is 4.26. The number of rotatable bonds is 2. The predicted octanol–water partition coefficient (Wildman–Crippen LogP) is 3.37. The molecule has 0 spiro atoms. The maximum atomic E-state index is 12.1. The van der Waals surface area contributed by atoms with Gasteiger partial charge < -0.3 is 4.90 Å². The van der Waals surface area contributed by atoms with Gasteiger partial charge in [-0.1, -0.05) is 18.9 Å².